The molecule has 13 nitrogen and oxygen atoms in total. The number of benzene rings is 2. The van der Waals surface area contributed by atoms with Gasteiger partial charge in [-0.3, -0.25) is 9.59 Å². The van der Waals surface area contributed by atoms with E-state index in [-0.39, 0.29) is 29.5 Å². The zero-order chi connectivity index (χ0) is 36.0. The average Bonchev–Trinajstić information content (AvgIpc) is 3.98. The van der Waals surface area contributed by atoms with Crippen LogP contribution in [0.25, 0.3) is 22.8 Å². The van der Waals surface area contributed by atoms with Crippen molar-refractivity contribution in [3.8, 4) is 22.8 Å². The second kappa shape index (κ2) is 15.4. The van der Waals surface area contributed by atoms with Gasteiger partial charge in [0.15, 0.2) is 0 Å². The van der Waals surface area contributed by atoms with Crippen LogP contribution in [-0.2, 0) is 0 Å². The number of hydrogen-bond donors (Lipinski definition) is 0. The number of pyridine rings is 1. The largest absolute Gasteiger partial charge is 0.361 e. The predicted molar refractivity (Wildman–Crippen MR) is 181 cm³/mol. The lowest BCUT2D eigenvalue weighted by molar-refractivity contribution is 0.0687. The fourth-order valence-electron chi connectivity index (χ4n) is 6.34. The van der Waals surface area contributed by atoms with E-state index in [1.54, 1.807) is 34.9 Å². The van der Waals surface area contributed by atoms with Crippen molar-refractivity contribution in [2.45, 2.75) is 44.4 Å². The minimum Gasteiger partial charge on any atom is -0.361 e. The molecule has 0 spiro atoms. The van der Waals surface area contributed by atoms with Gasteiger partial charge in [0, 0.05) is 37.9 Å². The lowest BCUT2D eigenvalue weighted by Crippen LogP contribution is -2.39. The summed E-state index contributed by atoms with van der Waals surface area (Å²) in [4.78, 5) is 41.1. The minimum absolute atomic E-state index is 0.00827. The number of rotatable bonds is 6. The first-order valence-corrected chi connectivity index (χ1v) is 16.9. The first kappa shape index (κ1) is 34.3. The molecule has 0 bridgehead atoms. The molecule has 2 amide bonds. The van der Waals surface area contributed by atoms with Crippen LogP contribution in [0.1, 0.15) is 75.8 Å². The Hall–Kier alpha value is -6.12. The van der Waals surface area contributed by atoms with Gasteiger partial charge in [-0.05, 0) is 56.9 Å². The molecule has 0 unspecified atom stereocenters. The summed E-state index contributed by atoms with van der Waals surface area (Å²) in [5.41, 5.74) is 2.03. The van der Waals surface area contributed by atoms with Gasteiger partial charge in [-0.25, -0.2) is 9.37 Å². The molecule has 52 heavy (non-hydrogen) atoms. The number of aryl methyl sites for hydroxylation is 1. The Morgan fingerprint density at radius 3 is 2.00 bits per heavy atom. The van der Waals surface area contributed by atoms with Crippen molar-refractivity contribution in [3.05, 3.63) is 120 Å². The molecule has 0 radical (unpaired) electrons. The van der Waals surface area contributed by atoms with E-state index in [2.05, 4.69) is 30.4 Å². The molecule has 2 aliphatic rings. The summed E-state index contributed by atoms with van der Waals surface area (Å²) in [5.74, 6) is 0.848. The van der Waals surface area contributed by atoms with Gasteiger partial charge in [0.2, 0.25) is 29.4 Å². The predicted octanol–water partition coefficient (Wildman–Crippen LogP) is 6.48. The van der Waals surface area contributed by atoms with Crippen molar-refractivity contribution in [1.82, 2.24) is 40.2 Å². The number of halogens is 2. The Labute approximate surface area is 296 Å². The molecule has 266 valence electrons. The van der Waals surface area contributed by atoms with Crippen molar-refractivity contribution in [3.63, 3.8) is 0 Å². The maximum atomic E-state index is 13.9. The Morgan fingerprint density at radius 1 is 0.731 bits per heavy atom. The van der Waals surface area contributed by atoms with Crippen molar-refractivity contribution < 1.29 is 31.9 Å². The molecule has 2 fully saturated rings. The zero-order valence-electron chi connectivity index (χ0n) is 28.2. The average molecular weight is 709 g/mol. The summed E-state index contributed by atoms with van der Waals surface area (Å²) in [7, 11) is 0. The van der Waals surface area contributed by atoms with Crippen molar-refractivity contribution in [1.29, 1.82) is 0 Å². The normalized spacial score (nSPS) is 17.4. The molecule has 6 aromatic rings. The lowest BCUT2D eigenvalue weighted by atomic mass is 9.97. The third kappa shape index (κ3) is 7.62. The molecule has 0 aliphatic carbocycles. The van der Waals surface area contributed by atoms with E-state index in [1.165, 1.54) is 30.6 Å². The zero-order valence-corrected chi connectivity index (χ0v) is 28.2. The Kier molecular flexibility index (Phi) is 10.2. The summed E-state index contributed by atoms with van der Waals surface area (Å²) >= 11 is 0. The third-order valence-corrected chi connectivity index (χ3v) is 9.10. The van der Waals surface area contributed by atoms with Crippen LogP contribution in [-0.4, -0.2) is 78.2 Å². The van der Waals surface area contributed by atoms with Crippen LogP contribution in [0, 0.1) is 18.7 Å². The molecule has 2 aliphatic heterocycles. The van der Waals surface area contributed by atoms with Crippen molar-refractivity contribution in [2.24, 2.45) is 0 Å². The number of amides is 2. The molecular weight excluding hydrogens is 674 g/mol. The summed E-state index contributed by atoms with van der Waals surface area (Å²) in [6.45, 7) is 3.95. The number of piperidine rings is 2. The SMILES string of the molecule is Cc1oncc1C(=O)N1CCC[C@H](c2nc(-c3ccccc3F)no2)C1.O=C(c1ccc(F)nc1)N1CCC[C@H](c2nc(-c3ccccc3)no2)C1. The van der Waals surface area contributed by atoms with Crippen LogP contribution in [0.5, 0.6) is 0 Å². The quantitative estimate of drug-likeness (QED) is 0.174. The van der Waals surface area contributed by atoms with Gasteiger partial charge in [-0.2, -0.15) is 14.4 Å². The number of hydrogen-bond acceptors (Lipinski definition) is 11. The van der Waals surface area contributed by atoms with Crippen LogP contribution in [0.3, 0.4) is 0 Å². The number of nitrogens with zero attached hydrogens (tertiary/aromatic N) is 8. The molecule has 15 heteroatoms. The fraction of sp³-hybridized carbons (Fsp3) is 0.297. The van der Waals surface area contributed by atoms with Crippen LogP contribution < -0.4 is 0 Å². The maximum Gasteiger partial charge on any atom is 0.259 e. The van der Waals surface area contributed by atoms with Gasteiger partial charge in [-0.15, -0.1) is 0 Å². The van der Waals surface area contributed by atoms with E-state index in [0.717, 1.165) is 31.2 Å². The molecular formula is C37H34F2N8O5. The van der Waals surface area contributed by atoms with Gasteiger partial charge in [-0.1, -0.05) is 57.9 Å². The van der Waals surface area contributed by atoms with Crippen LogP contribution in [0.15, 0.2) is 92.7 Å². The standard InChI is InChI=1S/C19H17FN4O2.C18H17FN4O3/c20-16-9-8-14(11-21-16)19(25)24-10-4-7-15(12-24)18-22-17(23-26-18)13-5-2-1-3-6-13;1-11-14(9-20-25-11)18(24)23-8-4-5-12(10-23)17-21-16(22-26-17)13-6-2-3-7-15(13)19/h1-3,5-6,8-9,11,15H,4,7,10,12H2;2-3,6-7,9,12H,4-5,8,10H2,1H3/t15-;12-/m00/s1. The third-order valence-electron chi connectivity index (χ3n) is 9.10. The van der Waals surface area contributed by atoms with Crippen LogP contribution in [0.4, 0.5) is 8.78 Å². The number of carbonyl (C=O) groups is 2. The molecule has 0 N–H and O–H groups in total. The monoisotopic (exact) mass is 708 g/mol. The summed E-state index contributed by atoms with van der Waals surface area (Å²) in [6, 6.07) is 18.6. The Morgan fingerprint density at radius 2 is 1.37 bits per heavy atom. The van der Waals surface area contributed by atoms with E-state index in [9.17, 15) is 18.4 Å². The van der Waals surface area contributed by atoms with Gasteiger partial charge in [0.1, 0.15) is 17.1 Å². The highest BCUT2D eigenvalue weighted by atomic mass is 19.1. The van der Waals surface area contributed by atoms with Gasteiger partial charge in [0.05, 0.1) is 29.2 Å². The number of likely N-dealkylation sites (tertiary alicyclic amines) is 2. The molecule has 2 atom stereocenters. The van der Waals surface area contributed by atoms with Gasteiger partial charge < -0.3 is 23.4 Å². The molecule has 0 saturated carbocycles. The summed E-state index contributed by atoms with van der Waals surface area (Å²) in [6.07, 6.45) is 6.06. The smallest absolute Gasteiger partial charge is 0.259 e. The van der Waals surface area contributed by atoms with E-state index >= 15 is 0 Å². The highest BCUT2D eigenvalue weighted by molar-refractivity contribution is 5.95. The van der Waals surface area contributed by atoms with E-state index in [0.29, 0.717) is 66.2 Å². The lowest BCUT2D eigenvalue weighted by Gasteiger charge is -2.31. The highest BCUT2D eigenvalue weighted by Gasteiger charge is 2.31. The second-order valence-corrected chi connectivity index (χ2v) is 12.6. The topological polar surface area (TPSA) is 157 Å². The number of aromatic nitrogens is 6. The minimum atomic E-state index is -0.600. The molecule has 6 heterocycles. The molecule has 8 rings (SSSR count). The van der Waals surface area contributed by atoms with Gasteiger partial charge >= 0.3 is 0 Å². The van der Waals surface area contributed by atoms with E-state index in [4.69, 9.17) is 13.6 Å². The van der Waals surface area contributed by atoms with Crippen molar-refractivity contribution >= 4 is 11.8 Å². The Balaban J connectivity index is 0.000000162. The highest BCUT2D eigenvalue weighted by Crippen LogP contribution is 2.30. The number of carbonyl (C=O) groups excluding carboxylic acids is 2. The molecule has 4 aromatic heterocycles. The first-order chi connectivity index (χ1) is 25.3. The Bertz CT molecular complexity index is 2130. The van der Waals surface area contributed by atoms with Crippen molar-refractivity contribution in [2.75, 3.05) is 26.2 Å². The maximum absolute atomic E-state index is 13.9. The van der Waals surface area contributed by atoms with E-state index < -0.39 is 11.8 Å². The summed E-state index contributed by atoms with van der Waals surface area (Å²) in [5, 5.41) is 11.6. The summed E-state index contributed by atoms with van der Waals surface area (Å²) < 4.78 is 42.6. The van der Waals surface area contributed by atoms with E-state index in [1.807, 2.05) is 30.3 Å². The van der Waals surface area contributed by atoms with Crippen LogP contribution in [0.2, 0.25) is 0 Å². The van der Waals surface area contributed by atoms with Crippen LogP contribution >= 0.6 is 0 Å². The fourth-order valence-corrected chi connectivity index (χ4v) is 6.34. The van der Waals surface area contributed by atoms with Gasteiger partial charge in [0.25, 0.3) is 11.8 Å². The first-order valence-electron chi connectivity index (χ1n) is 16.9. The molecule has 2 saturated heterocycles. The molecule has 2 aromatic carbocycles. The second-order valence-electron chi connectivity index (χ2n) is 12.6.